The van der Waals surface area contributed by atoms with Crippen molar-refractivity contribution in [2.24, 2.45) is 17.0 Å². The number of rotatable bonds is 2. The normalized spacial score (nSPS) is 15.1. The summed E-state index contributed by atoms with van der Waals surface area (Å²) in [6.07, 6.45) is 0. The van der Waals surface area contributed by atoms with E-state index < -0.39 is 0 Å². The lowest BCUT2D eigenvalue weighted by atomic mass is 10.3. The Morgan fingerprint density at radius 2 is 2.00 bits per heavy atom. The molecule has 0 spiro atoms. The van der Waals surface area contributed by atoms with Gasteiger partial charge in [-0.1, -0.05) is 17.1 Å². The number of benzene rings is 2. The third-order valence-corrected chi connectivity index (χ3v) is 4.03. The molecule has 2 heterocycles. The molecule has 0 unspecified atom stereocenters. The summed E-state index contributed by atoms with van der Waals surface area (Å²) in [5, 5.41) is 1.85. The Kier molecular flexibility index (Phi) is 2.97. The van der Waals surface area contributed by atoms with Crippen molar-refractivity contribution < 1.29 is 4.74 Å². The Morgan fingerprint density at radius 1 is 1.17 bits per heavy atom. The van der Waals surface area contributed by atoms with Crippen molar-refractivity contribution in [3.63, 3.8) is 0 Å². The molecule has 0 saturated heterocycles. The summed E-state index contributed by atoms with van der Waals surface area (Å²) in [4.78, 5) is 13.8. The van der Waals surface area contributed by atoms with Gasteiger partial charge >= 0.3 is 11.9 Å². The summed E-state index contributed by atoms with van der Waals surface area (Å²) in [6.45, 7) is 0. The monoisotopic (exact) mass is 306 g/mol. The number of fused-ring (bicyclic) bond motifs is 2. The van der Waals surface area contributed by atoms with E-state index in [1.165, 1.54) is 0 Å². The number of hydrogen-bond donors (Lipinski definition) is 0. The summed E-state index contributed by atoms with van der Waals surface area (Å²) in [5.41, 5.74) is 1.97. The molecule has 6 heteroatoms. The van der Waals surface area contributed by atoms with Gasteiger partial charge in [-0.2, -0.15) is 4.98 Å². The first-order chi connectivity index (χ1) is 11.2. The summed E-state index contributed by atoms with van der Waals surface area (Å²) in [6, 6.07) is 13.8. The second kappa shape index (κ2) is 5.01. The number of hydrogen-bond acceptors (Lipinski definition) is 3. The van der Waals surface area contributed by atoms with Gasteiger partial charge in [0.1, 0.15) is 11.1 Å². The van der Waals surface area contributed by atoms with E-state index >= 15 is 0 Å². The van der Waals surface area contributed by atoms with Crippen molar-refractivity contribution in [1.29, 1.82) is 0 Å². The fraction of sp³-hybridized carbons (Fsp3) is 0.176. The number of para-hydroxylation sites is 2. The molecule has 6 nitrogen and oxygen atoms in total. The number of methoxy groups -OCH3 is 1. The van der Waals surface area contributed by atoms with E-state index in [4.69, 9.17) is 4.74 Å². The zero-order valence-corrected chi connectivity index (χ0v) is 13.2. The molecule has 0 bridgehead atoms. The molecule has 0 radical (unpaired) electrons. The molecule has 23 heavy (non-hydrogen) atoms. The van der Waals surface area contributed by atoms with Gasteiger partial charge in [0.15, 0.2) is 5.36 Å². The first-order valence-electron chi connectivity index (χ1n) is 7.31. The van der Waals surface area contributed by atoms with Crippen molar-refractivity contribution in [2.45, 2.75) is 0 Å². The smallest absolute Gasteiger partial charge is 0.437 e. The quantitative estimate of drug-likeness (QED) is 0.664. The van der Waals surface area contributed by atoms with Crippen LogP contribution in [0, 0.1) is 0 Å². The largest absolute Gasteiger partial charge is 0.497 e. The van der Waals surface area contributed by atoms with Gasteiger partial charge in [-0.05, 0) is 29.3 Å². The summed E-state index contributed by atoms with van der Waals surface area (Å²) < 4.78 is 9.17. The van der Waals surface area contributed by atoms with Gasteiger partial charge in [0.25, 0.3) is 0 Å². The highest BCUT2D eigenvalue weighted by Gasteiger charge is 2.21. The number of imidazole rings is 1. The van der Waals surface area contributed by atoms with Crippen molar-refractivity contribution in [2.75, 3.05) is 14.2 Å². The van der Waals surface area contributed by atoms with Gasteiger partial charge in [-0.3, -0.25) is 4.57 Å². The van der Waals surface area contributed by atoms with Gasteiger partial charge in [0, 0.05) is 13.1 Å². The molecule has 0 fully saturated rings. The van der Waals surface area contributed by atoms with Crippen LogP contribution in [0.5, 0.6) is 5.75 Å². The van der Waals surface area contributed by atoms with Crippen LogP contribution in [0.25, 0.3) is 11.0 Å². The van der Waals surface area contributed by atoms with Crippen LogP contribution in [0.3, 0.4) is 0 Å². The zero-order valence-electron chi connectivity index (χ0n) is 13.2. The molecule has 1 aliphatic heterocycles. The number of aliphatic imine (C=N–C) groups is 1. The Labute approximate surface area is 132 Å². The summed E-state index contributed by atoms with van der Waals surface area (Å²) >= 11 is 0. The average Bonchev–Trinajstić information content (AvgIpc) is 3.06. The van der Waals surface area contributed by atoms with Gasteiger partial charge in [-0.25, -0.2) is 4.58 Å². The lowest BCUT2D eigenvalue weighted by Crippen LogP contribution is -2.32. The maximum atomic E-state index is 5.25. The van der Waals surface area contributed by atoms with Crippen LogP contribution in [0.4, 0.5) is 5.95 Å². The van der Waals surface area contributed by atoms with Crippen LogP contribution in [-0.4, -0.2) is 29.7 Å². The molecule has 114 valence electrons. The molecule has 0 amide bonds. The molecule has 0 atom stereocenters. The molecule has 0 saturated carbocycles. The second-order valence-electron chi connectivity index (χ2n) is 5.40. The number of guanidine groups is 1. The molecule has 3 aromatic rings. The van der Waals surface area contributed by atoms with E-state index in [1.54, 1.807) is 7.11 Å². The maximum absolute atomic E-state index is 5.25. The Balaban J connectivity index is 1.88. The van der Waals surface area contributed by atoms with Crippen LogP contribution < -0.4 is 20.0 Å². The molecule has 0 aliphatic carbocycles. The molecule has 1 aliphatic rings. The van der Waals surface area contributed by atoms with E-state index in [0.29, 0.717) is 11.9 Å². The van der Waals surface area contributed by atoms with E-state index in [1.807, 2.05) is 65.7 Å². The zero-order chi connectivity index (χ0) is 16.0. The number of nitrogens with zero attached hydrogens (tertiary/aromatic N) is 5. The van der Waals surface area contributed by atoms with E-state index in [-0.39, 0.29) is 0 Å². The van der Waals surface area contributed by atoms with Crippen molar-refractivity contribution in [3.05, 3.63) is 53.2 Å². The topological polar surface area (TPSA) is 54.8 Å². The molecule has 0 N–H and O–H groups in total. The van der Waals surface area contributed by atoms with Gasteiger partial charge < -0.3 is 4.74 Å². The highest BCUT2D eigenvalue weighted by Crippen LogP contribution is 2.20. The minimum Gasteiger partial charge on any atom is -0.497 e. The number of aromatic nitrogens is 2. The Hall–Kier alpha value is -3.02. The van der Waals surface area contributed by atoms with Crippen LogP contribution in [0.2, 0.25) is 0 Å². The SMILES string of the molecule is COc1ccc2c(c1)=N/C(=N\c1nc3ccccc3n1C)[N+]=2C. The van der Waals surface area contributed by atoms with Gasteiger partial charge in [-0.15, -0.1) is 0 Å². The molecule has 2 aromatic carbocycles. The summed E-state index contributed by atoms with van der Waals surface area (Å²) in [7, 11) is 5.55. The molecule has 1 aromatic heterocycles. The number of aryl methyl sites for hydroxylation is 1. The molecule has 4 rings (SSSR count). The third kappa shape index (κ3) is 2.11. The third-order valence-electron chi connectivity index (χ3n) is 4.03. The lowest BCUT2D eigenvalue weighted by molar-refractivity contribution is 0.414. The van der Waals surface area contributed by atoms with Crippen molar-refractivity contribution in [1.82, 2.24) is 14.1 Å². The molecular formula is C17H16N5O+. The average molecular weight is 306 g/mol. The van der Waals surface area contributed by atoms with Crippen LogP contribution in [-0.2, 0) is 7.05 Å². The summed E-state index contributed by atoms with van der Waals surface area (Å²) in [5.74, 6) is 2.04. The first kappa shape index (κ1) is 13.6. The minimum absolute atomic E-state index is 0.617. The van der Waals surface area contributed by atoms with E-state index in [0.717, 1.165) is 27.5 Å². The highest BCUT2D eigenvalue weighted by molar-refractivity contribution is 5.86. The van der Waals surface area contributed by atoms with Crippen molar-refractivity contribution >= 4 is 22.9 Å². The van der Waals surface area contributed by atoms with Crippen molar-refractivity contribution in [3.8, 4) is 5.75 Å². The highest BCUT2D eigenvalue weighted by atomic mass is 16.5. The van der Waals surface area contributed by atoms with E-state index in [2.05, 4.69) is 15.0 Å². The molecular weight excluding hydrogens is 290 g/mol. The Morgan fingerprint density at radius 3 is 2.78 bits per heavy atom. The number of ether oxygens (including phenoxy) is 1. The standard InChI is InChI=1S/C17H16N5O/c1-21-14-7-5-4-6-12(14)18-16(21)20-17-19-13-10-11(23-3)8-9-15(13)22(17)2/h4-10H,1-3H3/q+1. The second-order valence-corrected chi connectivity index (χ2v) is 5.40. The van der Waals surface area contributed by atoms with Crippen LogP contribution in [0.1, 0.15) is 0 Å². The fourth-order valence-electron chi connectivity index (χ4n) is 2.72. The first-order valence-corrected chi connectivity index (χ1v) is 7.31. The van der Waals surface area contributed by atoms with Crippen LogP contribution in [0.15, 0.2) is 52.4 Å². The predicted octanol–water partition coefficient (Wildman–Crippen LogP) is 1.02. The van der Waals surface area contributed by atoms with Crippen LogP contribution >= 0.6 is 0 Å². The van der Waals surface area contributed by atoms with Gasteiger partial charge in [0.2, 0.25) is 0 Å². The minimum atomic E-state index is 0.617. The fourth-order valence-corrected chi connectivity index (χ4v) is 2.72. The Bertz CT molecular complexity index is 1080. The lowest BCUT2D eigenvalue weighted by Gasteiger charge is -1.95. The maximum Gasteiger partial charge on any atom is 0.437 e. The van der Waals surface area contributed by atoms with E-state index in [9.17, 15) is 0 Å². The predicted molar refractivity (Wildman–Crippen MR) is 88.7 cm³/mol. The van der Waals surface area contributed by atoms with Gasteiger partial charge in [0.05, 0.1) is 25.2 Å².